The highest BCUT2D eigenvalue weighted by molar-refractivity contribution is 6.00. The van der Waals surface area contributed by atoms with Gasteiger partial charge >= 0.3 is 11.9 Å². The molecule has 6 nitrogen and oxygen atoms in total. The van der Waals surface area contributed by atoms with Gasteiger partial charge in [-0.25, -0.2) is 0 Å². The summed E-state index contributed by atoms with van der Waals surface area (Å²) in [6.45, 7) is 12.8. The van der Waals surface area contributed by atoms with Crippen LogP contribution in [0.25, 0.3) is 0 Å². The zero-order valence-electron chi connectivity index (χ0n) is 31.4. The fraction of sp³-hybridized carbons (Fsp3) is 0.950. The van der Waals surface area contributed by atoms with Crippen molar-refractivity contribution in [1.29, 1.82) is 0 Å². The van der Waals surface area contributed by atoms with Crippen LogP contribution in [-0.2, 0) is 19.1 Å². The monoisotopic (exact) mass is 654 g/mol. The minimum atomic E-state index is -1.19. The first-order chi connectivity index (χ1) is 22.5. The Morgan fingerprint density at radius 2 is 0.826 bits per heavy atom. The largest absolute Gasteiger partial charge is 0.465 e. The zero-order chi connectivity index (χ0) is 34.0. The Morgan fingerprint density at radius 1 is 0.478 bits per heavy atom. The standard InChI is InChI=1S/C40H79NO5/c1-5-9-12-15-18-19-21-26-32-41(34-30-35-42)33-27-22-20-25-31-40(8-4,38(43)45-36-28-23-16-13-10-6-2)39(44)46-37-29-24-17-14-11-7-3/h42H,5-37H2,1-4H3. The fourth-order valence-corrected chi connectivity index (χ4v) is 6.34. The van der Waals surface area contributed by atoms with Crippen LogP contribution in [-0.4, -0.2) is 61.4 Å². The Bertz CT molecular complexity index is 640. The summed E-state index contributed by atoms with van der Waals surface area (Å²) in [4.78, 5) is 29.4. The van der Waals surface area contributed by atoms with E-state index in [2.05, 4.69) is 25.7 Å². The number of aliphatic hydroxyl groups excluding tert-OH is 1. The average Bonchev–Trinajstić information content (AvgIpc) is 3.06. The second-order valence-corrected chi connectivity index (χ2v) is 13.8. The molecule has 0 fully saturated rings. The van der Waals surface area contributed by atoms with Gasteiger partial charge in [-0.15, -0.1) is 0 Å². The minimum absolute atomic E-state index is 0.247. The number of carbonyl (C=O) groups excluding carboxylic acids is 2. The van der Waals surface area contributed by atoms with Gasteiger partial charge in [-0.3, -0.25) is 9.59 Å². The average molecular weight is 654 g/mol. The highest BCUT2D eigenvalue weighted by Crippen LogP contribution is 2.33. The van der Waals surface area contributed by atoms with E-state index in [1.807, 2.05) is 6.92 Å². The number of ether oxygens (including phenoxy) is 2. The van der Waals surface area contributed by atoms with Crippen molar-refractivity contribution in [2.24, 2.45) is 5.41 Å². The zero-order valence-corrected chi connectivity index (χ0v) is 31.4. The van der Waals surface area contributed by atoms with Crippen LogP contribution in [0.3, 0.4) is 0 Å². The second-order valence-electron chi connectivity index (χ2n) is 13.8. The molecule has 6 heteroatoms. The SMILES string of the molecule is CCCCCCCCCCN(CCCO)CCCCCCC(CC)(C(=O)OCCCCCCCC)C(=O)OCCCCCCCC. The summed E-state index contributed by atoms with van der Waals surface area (Å²) in [5, 5.41) is 9.38. The predicted molar refractivity (Wildman–Crippen MR) is 195 cm³/mol. The third-order valence-corrected chi connectivity index (χ3v) is 9.64. The predicted octanol–water partition coefficient (Wildman–Crippen LogP) is 11.0. The number of carbonyl (C=O) groups is 2. The van der Waals surface area contributed by atoms with Gasteiger partial charge in [0.2, 0.25) is 0 Å². The van der Waals surface area contributed by atoms with Crippen LogP contribution in [0.5, 0.6) is 0 Å². The normalized spacial score (nSPS) is 11.8. The lowest BCUT2D eigenvalue weighted by molar-refractivity contribution is -0.174. The third-order valence-electron chi connectivity index (χ3n) is 9.64. The minimum Gasteiger partial charge on any atom is -0.465 e. The molecule has 0 saturated carbocycles. The van der Waals surface area contributed by atoms with Crippen LogP contribution in [0.1, 0.15) is 201 Å². The van der Waals surface area contributed by atoms with Crippen molar-refractivity contribution in [1.82, 2.24) is 4.90 Å². The van der Waals surface area contributed by atoms with E-state index in [-0.39, 0.29) is 18.5 Å². The van der Waals surface area contributed by atoms with Crippen LogP contribution in [0.4, 0.5) is 0 Å². The van der Waals surface area contributed by atoms with Crippen molar-refractivity contribution < 1.29 is 24.2 Å². The fourth-order valence-electron chi connectivity index (χ4n) is 6.34. The van der Waals surface area contributed by atoms with Gasteiger partial charge in [0.15, 0.2) is 5.41 Å². The van der Waals surface area contributed by atoms with Gasteiger partial charge in [0.05, 0.1) is 13.2 Å². The summed E-state index contributed by atoms with van der Waals surface area (Å²) in [5.74, 6) is -0.755. The first-order valence-electron chi connectivity index (χ1n) is 20.2. The molecule has 0 aliphatic heterocycles. The Hall–Kier alpha value is -1.14. The van der Waals surface area contributed by atoms with E-state index in [1.165, 1.54) is 103 Å². The van der Waals surface area contributed by atoms with Gasteiger partial charge in [-0.2, -0.15) is 0 Å². The van der Waals surface area contributed by atoms with Crippen molar-refractivity contribution in [2.75, 3.05) is 39.5 Å². The number of nitrogens with zero attached hydrogens (tertiary/aromatic N) is 1. The molecule has 274 valence electrons. The maximum Gasteiger partial charge on any atom is 0.323 e. The molecular formula is C40H79NO5. The van der Waals surface area contributed by atoms with E-state index < -0.39 is 5.41 Å². The Kier molecular flexibility index (Phi) is 32.9. The molecule has 0 aliphatic rings. The van der Waals surface area contributed by atoms with Crippen molar-refractivity contribution in [3.8, 4) is 0 Å². The molecule has 0 rings (SSSR count). The van der Waals surface area contributed by atoms with Crippen LogP contribution in [0, 0.1) is 5.41 Å². The highest BCUT2D eigenvalue weighted by Gasteiger charge is 2.46. The molecule has 0 atom stereocenters. The molecule has 0 radical (unpaired) electrons. The van der Waals surface area contributed by atoms with Gasteiger partial charge in [0.1, 0.15) is 0 Å². The molecule has 0 aromatic carbocycles. The van der Waals surface area contributed by atoms with Crippen LogP contribution < -0.4 is 0 Å². The van der Waals surface area contributed by atoms with Gasteiger partial charge in [-0.05, 0) is 58.0 Å². The van der Waals surface area contributed by atoms with E-state index in [4.69, 9.17) is 9.47 Å². The molecular weight excluding hydrogens is 574 g/mol. The molecule has 0 bridgehead atoms. The lowest BCUT2D eigenvalue weighted by atomic mass is 9.80. The number of esters is 2. The molecule has 1 N–H and O–H groups in total. The summed E-state index contributed by atoms with van der Waals surface area (Å²) in [7, 11) is 0. The van der Waals surface area contributed by atoms with Crippen molar-refractivity contribution in [3.63, 3.8) is 0 Å². The van der Waals surface area contributed by atoms with E-state index >= 15 is 0 Å². The number of aliphatic hydroxyl groups is 1. The summed E-state index contributed by atoms with van der Waals surface area (Å²) >= 11 is 0. The molecule has 0 saturated heterocycles. The lowest BCUT2D eigenvalue weighted by Crippen LogP contribution is -2.42. The third kappa shape index (κ3) is 24.1. The number of unbranched alkanes of at least 4 members (excludes halogenated alkanes) is 20. The Labute approximate surface area is 286 Å². The van der Waals surface area contributed by atoms with Crippen LogP contribution in [0.15, 0.2) is 0 Å². The van der Waals surface area contributed by atoms with Gasteiger partial charge < -0.3 is 19.5 Å². The summed E-state index contributed by atoms with van der Waals surface area (Å²) < 4.78 is 11.5. The van der Waals surface area contributed by atoms with E-state index in [9.17, 15) is 14.7 Å². The molecule has 0 heterocycles. The Balaban J connectivity index is 4.78. The molecule has 0 amide bonds. The second kappa shape index (κ2) is 33.7. The van der Waals surface area contributed by atoms with Crippen LogP contribution >= 0.6 is 0 Å². The number of rotatable bonds is 36. The van der Waals surface area contributed by atoms with Gasteiger partial charge in [-0.1, -0.05) is 156 Å². The smallest absolute Gasteiger partial charge is 0.323 e. The van der Waals surface area contributed by atoms with E-state index in [0.29, 0.717) is 26.1 Å². The van der Waals surface area contributed by atoms with Gasteiger partial charge in [0, 0.05) is 13.2 Å². The first-order valence-corrected chi connectivity index (χ1v) is 20.2. The Morgan fingerprint density at radius 3 is 1.22 bits per heavy atom. The van der Waals surface area contributed by atoms with E-state index in [1.54, 1.807) is 0 Å². The lowest BCUT2D eigenvalue weighted by Gasteiger charge is -2.28. The maximum atomic E-state index is 13.5. The topological polar surface area (TPSA) is 76.1 Å². The molecule has 0 aromatic heterocycles. The van der Waals surface area contributed by atoms with Crippen molar-refractivity contribution in [3.05, 3.63) is 0 Å². The summed E-state index contributed by atoms with van der Waals surface area (Å²) in [6.07, 6.45) is 29.9. The molecule has 46 heavy (non-hydrogen) atoms. The molecule has 0 aliphatic carbocycles. The first kappa shape index (κ1) is 44.9. The summed E-state index contributed by atoms with van der Waals surface area (Å²) in [6, 6.07) is 0. The number of hydrogen-bond donors (Lipinski definition) is 1. The maximum absolute atomic E-state index is 13.5. The summed E-state index contributed by atoms with van der Waals surface area (Å²) in [5.41, 5.74) is -1.19. The van der Waals surface area contributed by atoms with Gasteiger partial charge in [0.25, 0.3) is 0 Å². The van der Waals surface area contributed by atoms with Crippen molar-refractivity contribution >= 4 is 11.9 Å². The molecule has 0 aromatic rings. The molecule has 0 unspecified atom stereocenters. The highest BCUT2D eigenvalue weighted by atomic mass is 16.6. The molecule has 0 spiro atoms. The number of hydrogen-bond acceptors (Lipinski definition) is 6. The van der Waals surface area contributed by atoms with Crippen LogP contribution in [0.2, 0.25) is 0 Å². The van der Waals surface area contributed by atoms with Crippen molar-refractivity contribution in [2.45, 2.75) is 201 Å². The quantitative estimate of drug-likeness (QED) is 0.0412. The van der Waals surface area contributed by atoms with E-state index in [0.717, 1.165) is 77.4 Å².